The van der Waals surface area contributed by atoms with Crippen molar-refractivity contribution in [3.8, 4) is 0 Å². The third-order valence-electron chi connectivity index (χ3n) is 5.09. The Bertz CT molecular complexity index is 1480. The van der Waals surface area contributed by atoms with Crippen molar-refractivity contribution >= 4 is 34.2 Å². The first-order valence-electron chi connectivity index (χ1n) is 9.67. The highest BCUT2D eigenvalue weighted by Gasteiger charge is 2.15. The number of hydrogen-bond donors (Lipinski definition) is 1. The fourth-order valence-corrected chi connectivity index (χ4v) is 3.78. The summed E-state index contributed by atoms with van der Waals surface area (Å²) in [5.74, 6) is 0.285. The zero-order valence-corrected chi connectivity index (χ0v) is 17.0. The minimum atomic E-state index is -0.358. The van der Waals surface area contributed by atoms with E-state index < -0.39 is 0 Å². The Labute approximate surface area is 181 Å². The van der Waals surface area contributed by atoms with Gasteiger partial charge in [0.25, 0.3) is 11.5 Å². The molecule has 1 aromatic carbocycles. The van der Waals surface area contributed by atoms with Crippen LogP contribution in [0.3, 0.4) is 0 Å². The van der Waals surface area contributed by atoms with E-state index in [2.05, 4.69) is 10.3 Å². The molecule has 0 unspecified atom stereocenters. The second kappa shape index (κ2) is 7.77. The summed E-state index contributed by atoms with van der Waals surface area (Å²) in [4.78, 5) is 29.9. The Morgan fingerprint density at radius 2 is 1.87 bits per heavy atom. The van der Waals surface area contributed by atoms with Gasteiger partial charge in [-0.05, 0) is 48.0 Å². The molecule has 0 radical (unpaired) electrons. The SMILES string of the molecule is O=C(NCc1ccccc1Cl)c1ccc(Cn2c(=O)c3cccn3c3cccnc32)o1. The number of pyridine rings is 1. The molecule has 8 heteroatoms. The van der Waals surface area contributed by atoms with Crippen LogP contribution in [0.25, 0.3) is 16.7 Å². The van der Waals surface area contributed by atoms with Gasteiger partial charge < -0.3 is 14.1 Å². The van der Waals surface area contributed by atoms with Crippen molar-refractivity contribution in [3.63, 3.8) is 0 Å². The summed E-state index contributed by atoms with van der Waals surface area (Å²) in [6.45, 7) is 0.444. The predicted molar refractivity (Wildman–Crippen MR) is 117 cm³/mol. The second-order valence-electron chi connectivity index (χ2n) is 7.04. The van der Waals surface area contributed by atoms with Crippen molar-refractivity contribution in [2.75, 3.05) is 0 Å². The molecular weight excluding hydrogens is 416 g/mol. The lowest BCUT2D eigenvalue weighted by Crippen LogP contribution is -2.24. The van der Waals surface area contributed by atoms with E-state index in [4.69, 9.17) is 16.0 Å². The topological polar surface area (TPSA) is 81.5 Å². The molecule has 0 bridgehead atoms. The Morgan fingerprint density at radius 1 is 1.03 bits per heavy atom. The first-order chi connectivity index (χ1) is 15.1. The van der Waals surface area contributed by atoms with E-state index in [1.54, 1.807) is 35.0 Å². The first-order valence-corrected chi connectivity index (χ1v) is 10.0. The van der Waals surface area contributed by atoms with Gasteiger partial charge in [0, 0.05) is 24.0 Å². The van der Waals surface area contributed by atoms with E-state index >= 15 is 0 Å². The standard InChI is InChI=1S/C23H17ClN4O3/c24-17-6-2-1-5-15(17)13-26-22(29)20-10-9-16(31-20)14-28-21-18(7-3-11-25-21)27-12-4-8-19(27)23(28)30/h1-12H,13-14H2,(H,26,29). The molecule has 154 valence electrons. The van der Waals surface area contributed by atoms with Crippen LogP contribution in [0, 0.1) is 0 Å². The van der Waals surface area contributed by atoms with E-state index in [1.165, 1.54) is 0 Å². The quantitative estimate of drug-likeness (QED) is 0.457. The number of hydrogen-bond acceptors (Lipinski definition) is 4. The number of furan rings is 1. The fourth-order valence-electron chi connectivity index (χ4n) is 3.58. The van der Waals surface area contributed by atoms with Gasteiger partial charge in [0.15, 0.2) is 11.4 Å². The Balaban J connectivity index is 1.41. The molecule has 31 heavy (non-hydrogen) atoms. The van der Waals surface area contributed by atoms with Crippen LogP contribution < -0.4 is 10.9 Å². The van der Waals surface area contributed by atoms with Crippen LogP contribution in [0.1, 0.15) is 21.9 Å². The second-order valence-corrected chi connectivity index (χ2v) is 7.45. The van der Waals surface area contributed by atoms with Crippen LogP contribution in [0.15, 0.2) is 82.3 Å². The monoisotopic (exact) mass is 432 g/mol. The van der Waals surface area contributed by atoms with Gasteiger partial charge in [-0.25, -0.2) is 4.98 Å². The summed E-state index contributed by atoms with van der Waals surface area (Å²) in [5, 5.41) is 3.38. The first kappa shape index (κ1) is 19.1. The summed E-state index contributed by atoms with van der Waals surface area (Å²) in [6, 6.07) is 17.9. The summed E-state index contributed by atoms with van der Waals surface area (Å²) in [6.07, 6.45) is 3.47. The number of benzene rings is 1. The lowest BCUT2D eigenvalue weighted by atomic mass is 10.2. The van der Waals surface area contributed by atoms with Gasteiger partial charge in [0.1, 0.15) is 11.3 Å². The highest BCUT2D eigenvalue weighted by Crippen LogP contribution is 2.17. The van der Waals surface area contributed by atoms with Crippen LogP contribution in [0.4, 0.5) is 0 Å². The van der Waals surface area contributed by atoms with Crippen molar-refractivity contribution in [3.05, 3.63) is 106 Å². The van der Waals surface area contributed by atoms with Crippen LogP contribution in [0.5, 0.6) is 0 Å². The number of amides is 1. The minimum absolute atomic E-state index is 0.159. The Hall–Kier alpha value is -3.84. The molecule has 0 saturated heterocycles. The molecule has 7 nitrogen and oxygen atoms in total. The maximum Gasteiger partial charge on any atom is 0.287 e. The maximum absolute atomic E-state index is 13.0. The smallest absolute Gasteiger partial charge is 0.287 e. The third kappa shape index (κ3) is 3.49. The number of aromatic nitrogens is 3. The van der Waals surface area contributed by atoms with Crippen LogP contribution in [0.2, 0.25) is 5.02 Å². The van der Waals surface area contributed by atoms with Crippen molar-refractivity contribution in [1.29, 1.82) is 0 Å². The van der Waals surface area contributed by atoms with Crippen LogP contribution >= 0.6 is 11.6 Å². The minimum Gasteiger partial charge on any atom is -0.454 e. The lowest BCUT2D eigenvalue weighted by Gasteiger charge is -2.10. The number of carbonyl (C=O) groups excluding carboxylic acids is 1. The molecular formula is C23H17ClN4O3. The number of carbonyl (C=O) groups is 1. The maximum atomic E-state index is 13.0. The Morgan fingerprint density at radius 3 is 2.74 bits per heavy atom. The zero-order chi connectivity index (χ0) is 21.4. The predicted octanol–water partition coefficient (Wildman–Crippen LogP) is 3.87. The van der Waals surface area contributed by atoms with Gasteiger partial charge in [-0.15, -0.1) is 0 Å². The largest absolute Gasteiger partial charge is 0.454 e. The summed E-state index contributed by atoms with van der Waals surface area (Å²) < 4.78 is 9.09. The van der Waals surface area contributed by atoms with Gasteiger partial charge in [-0.2, -0.15) is 0 Å². The van der Waals surface area contributed by atoms with Gasteiger partial charge in [0.05, 0.1) is 12.1 Å². The molecule has 5 rings (SSSR count). The summed E-state index contributed by atoms with van der Waals surface area (Å²) in [5.41, 5.74) is 2.53. The van der Waals surface area contributed by atoms with Gasteiger partial charge in [-0.3, -0.25) is 14.2 Å². The average molecular weight is 433 g/mol. The third-order valence-corrected chi connectivity index (χ3v) is 5.46. The van der Waals surface area contributed by atoms with Crippen molar-refractivity contribution in [1.82, 2.24) is 19.3 Å². The molecule has 0 saturated carbocycles. The van der Waals surface area contributed by atoms with E-state index in [0.717, 1.165) is 11.1 Å². The molecule has 0 fully saturated rings. The number of nitrogens with one attached hydrogen (secondary N) is 1. The molecule has 1 N–H and O–H groups in total. The molecule has 4 heterocycles. The van der Waals surface area contributed by atoms with E-state index in [-0.39, 0.29) is 30.3 Å². The number of halogens is 1. The van der Waals surface area contributed by atoms with Gasteiger partial charge in [-0.1, -0.05) is 29.8 Å². The summed E-state index contributed by atoms with van der Waals surface area (Å²) >= 11 is 6.13. The number of fused-ring (bicyclic) bond motifs is 3. The summed E-state index contributed by atoms with van der Waals surface area (Å²) in [7, 11) is 0. The number of rotatable bonds is 5. The molecule has 4 aromatic heterocycles. The van der Waals surface area contributed by atoms with E-state index in [9.17, 15) is 9.59 Å². The zero-order valence-electron chi connectivity index (χ0n) is 16.3. The fraction of sp³-hybridized carbons (Fsp3) is 0.0870. The van der Waals surface area contributed by atoms with Crippen LogP contribution in [-0.4, -0.2) is 19.9 Å². The normalized spacial score (nSPS) is 11.3. The molecule has 0 aliphatic rings. The average Bonchev–Trinajstić information content (AvgIpc) is 3.46. The molecule has 5 aromatic rings. The van der Waals surface area contributed by atoms with E-state index in [1.807, 2.05) is 47.0 Å². The molecule has 0 aliphatic carbocycles. The van der Waals surface area contributed by atoms with Crippen molar-refractivity contribution < 1.29 is 9.21 Å². The van der Waals surface area contributed by atoms with Gasteiger partial charge in [0.2, 0.25) is 0 Å². The Kier molecular flexibility index (Phi) is 4.80. The molecule has 1 amide bonds. The van der Waals surface area contributed by atoms with Crippen LogP contribution in [-0.2, 0) is 13.1 Å². The van der Waals surface area contributed by atoms with Crippen molar-refractivity contribution in [2.24, 2.45) is 0 Å². The van der Waals surface area contributed by atoms with E-state index in [0.29, 0.717) is 21.9 Å². The number of nitrogens with zero attached hydrogens (tertiary/aromatic N) is 3. The highest BCUT2D eigenvalue weighted by atomic mass is 35.5. The van der Waals surface area contributed by atoms with Crippen molar-refractivity contribution in [2.45, 2.75) is 13.1 Å². The lowest BCUT2D eigenvalue weighted by molar-refractivity contribution is 0.0921. The highest BCUT2D eigenvalue weighted by molar-refractivity contribution is 6.31. The molecule has 0 atom stereocenters. The molecule has 0 aliphatic heterocycles. The molecule has 0 spiro atoms. The van der Waals surface area contributed by atoms with Gasteiger partial charge >= 0.3 is 0 Å².